The number of nitrogens with one attached hydrogen (secondary N) is 1. The molecule has 1 unspecified atom stereocenters. The lowest BCUT2D eigenvalue weighted by Gasteiger charge is -2.16. The first-order valence-electron chi connectivity index (χ1n) is 6.95. The maximum absolute atomic E-state index is 11.2. The lowest BCUT2D eigenvalue weighted by molar-refractivity contribution is -0.385. The SMILES string of the molecule is CC(C)CCCC(C)Nc1ncc([N+](=O)[O-])cc1C(=O)O. The van der Waals surface area contributed by atoms with E-state index in [0.29, 0.717) is 5.92 Å². The highest BCUT2D eigenvalue weighted by Gasteiger charge is 2.18. The van der Waals surface area contributed by atoms with Gasteiger partial charge in [0.15, 0.2) is 0 Å². The molecule has 0 radical (unpaired) electrons. The van der Waals surface area contributed by atoms with Crippen LogP contribution in [0.1, 0.15) is 50.4 Å². The molecule has 21 heavy (non-hydrogen) atoms. The van der Waals surface area contributed by atoms with Crippen LogP contribution in [-0.2, 0) is 0 Å². The predicted octanol–water partition coefficient (Wildman–Crippen LogP) is 3.31. The molecule has 0 spiro atoms. The van der Waals surface area contributed by atoms with Crippen molar-refractivity contribution in [1.29, 1.82) is 0 Å². The number of hydrogen-bond donors (Lipinski definition) is 2. The summed E-state index contributed by atoms with van der Waals surface area (Å²) < 4.78 is 0. The molecule has 1 aromatic heterocycles. The van der Waals surface area contributed by atoms with Gasteiger partial charge < -0.3 is 10.4 Å². The Bertz CT molecular complexity index is 517. The molecular weight excluding hydrogens is 274 g/mol. The van der Waals surface area contributed by atoms with Crippen molar-refractivity contribution in [3.63, 3.8) is 0 Å². The number of aromatic nitrogens is 1. The smallest absolute Gasteiger partial charge is 0.339 e. The summed E-state index contributed by atoms with van der Waals surface area (Å²) in [5.41, 5.74) is -0.509. The first-order chi connectivity index (χ1) is 9.81. The molecule has 0 aliphatic carbocycles. The summed E-state index contributed by atoms with van der Waals surface area (Å²) in [5.74, 6) is -0.433. The second kappa shape index (κ2) is 7.56. The molecule has 2 N–H and O–H groups in total. The highest BCUT2D eigenvalue weighted by atomic mass is 16.6. The Hall–Kier alpha value is -2.18. The van der Waals surface area contributed by atoms with Gasteiger partial charge in [0.1, 0.15) is 17.6 Å². The van der Waals surface area contributed by atoms with Gasteiger partial charge >= 0.3 is 5.97 Å². The first-order valence-corrected chi connectivity index (χ1v) is 6.95. The summed E-state index contributed by atoms with van der Waals surface area (Å²) in [5, 5.41) is 22.8. The number of carboxylic acid groups (broad SMARTS) is 1. The van der Waals surface area contributed by atoms with E-state index in [-0.39, 0.29) is 23.1 Å². The summed E-state index contributed by atoms with van der Waals surface area (Å²) in [6, 6.07) is 1.08. The molecule has 0 aliphatic heterocycles. The lowest BCUT2D eigenvalue weighted by atomic mass is 10.0. The minimum absolute atomic E-state index is 0.0517. The second-order valence-electron chi connectivity index (χ2n) is 5.52. The summed E-state index contributed by atoms with van der Waals surface area (Å²) in [6.45, 7) is 6.24. The number of anilines is 1. The van der Waals surface area contributed by atoms with Crippen LogP contribution in [0, 0.1) is 16.0 Å². The van der Waals surface area contributed by atoms with Gasteiger partial charge in [-0.3, -0.25) is 10.1 Å². The third-order valence-electron chi connectivity index (χ3n) is 3.12. The normalized spacial score (nSPS) is 12.2. The molecule has 1 rings (SSSR count). The van der Waals surface area contributed by atoms with Gasteiger partial charge in [0, 0.05) is 12.1 Å². The first kappa shape index (κ1) is 16.9. The van der Waals surface area contributed by atoms with E-state index in [9.17, 15) is 14.9 Å². The van der Waals surface area contributed by atoms with Gasteiger partial charge in [0.2, 0.25) is 0 Å². The van der Waals surface area contributed by atoms with Gasteiger partial charge in [-0.25, -0.2) is 9.78 Å². The molecule has 0 aliphatic rings. The molecular formula is C14H21N3O4. The number of hydrogen-bond acceptors (Lipinski definition) is 5. The number of nitrogens with zero attached hydrogens (tertiary/aromatic N) is 2. The van der Waals surface area contributed by atoms with Crippen LogP contribution in [0.15, 0.2) is 12.3 Å². The average Bonchev–Trinajstić information content (AvgIpc) is 2.38. The van der Waals surface area contributed by atoms with Gasteiger partial charge in [-0.05, 0) is 19.3 Å². The molecule has 7 heteroatoms. The van der Waals surface area contributed by atoms with Gasteiger partial charge in [0.05, 0.1) is 4.92 Å². The van der Waals surface area contributed by atoms with E-state index >= 15 is 0 Å². The van der Waals surface area contributed by atoms with E-state index in [2.05, 4.69) is 24.1 Å². The number of nitro groups is 1. The Morgan fingerprint density at radius 3 is 2.62 bits per heavy atom. The van der Waals surface area contributed by atoms with Crippen LogP contribution >= 0.6 is 0 Å². The molecule has 1 aromatic rings. The van der Waals surface area contributed by atoms with E-state index in [0.717, 1.165) is 31.5 Å². The molecule has 1 heterocycles. The van der Waals surface area contributed by atoms with Crippen LogP contribution in [0.2, 0.25) is 0 Å². The van der Waals surface area contributed by atoms with Crippen molar-refractivity contribution in [2.75, 3.05) is 5.32 Å². The lowest BCUT2D eigenvalue weighted by Crippen LogP contribution is -2.18. The van der Waals surface area contributed by atoms with Crippen LogP contribution in [0.4, 0.5) is 11.5 Å². The molecule has 7 nitrogen and oxygen atoms in total. The third-order valence-corrected chi connectivity index (χ3v) is 3.12. The van der Waals surface area contributed by atoms with E-state index < -0.39 is 10.9 Å². The van der Waals surface area contributed by atoms with Gasteiger partial charge in [0.25, 0.3) is 5.69 Å². The summed E-state index contributed by atoms with van der Waals surface area (Å²) in [6.07, 6.45) is 4.08. The fourth-order valence-electron chi connectivity index (χ4n) is 1.97. The van der Waals surface area contributed by atoms with Gasteiger partial charge in [-0.15, -0.1) is 0 Å². The molecule has 1 atom stereocenters. The number of aromatic carboxylic acids is 1. The fourth-order valence-corrected chi connectivity index (χ4v) is 1.97. The molecule has 0 saturated carbocycles. The summed E-state index contributed by atoms with van der Waals surface area (Å²) in [4.78, 5) is 25.1. The Balaban J connectivity index is 2.78. The summed E-state index contributed by atoms with van der Waals surface area (Å²) in [7, 11) is 0. The minimum atomic E-state index is -1.23. The number of carboxylic acids is 1. The van der Waals surface area contributed by atoms with Crippen LogP contribution in [0.5, 0.6) is 0 Å². The molecule has 0 bridgehead atoms. The van der Waals surface area contributed by atoms with E-state index in [4.69, 9.17) is 5.11 Å². The fraction of sp³-hybridized carbons (Fsp3) is 0.571. The van der Waals surface area contributed by atoms with Crippen molar-refractivity contribution in [1.82, 2.24) is 4.98 Å². The quantitative estimate of drug-likeness (QED) is 0.563. The standard InChI is InChI=1S/C14H21N3O4/c1-9(2)5-4-6-10(3)16-13-12(14(18)19)7-11(8-15-13)17(20)21/h7-10H,4-6H2,1-3H3,(H,15,16)(H,18,19). The van der Waals surface area contributed by atoms with Crippen LogP contribution in [0.3, 0.4) is 0 Å². The van der Waals surface area contributed by atoms with E-state index in [1.165, 1.54) is 0 Å². The summed E-state index contributed by atoms with van der Waals surface area (Å²) >= 11 is 0. The van der Waals surface area contributed by atoms with Crippen molar-refractivity contribution in [3.8, 4) is 0 Å². The van der Waals surface area contributed by atoms with E-state index in [1.54, 1.807) is 0 Å². The third kappa shape index (κ3) is 5.37. The van der Waals surface area contributed by atoms with Gasteiger partial charge in [-0.1, -0.05) is 26.7 Å². The second-order valence-corrected chi connectivity index (χ2v) is 5.52. The largest absolute Gasteiger partial charge is 0.478 e. The van der Waals surface area contributed by atoms with Crippen molar-refractivity contribution in [2.45, 2.75) is 46.1 Å². The van der Waals surface area contributed by atoms with Crippen molar-refractivity contribution < 1.29 is 14.8 Å². The molecule has 0 fully saturated rings. The maximum Gasteiger partial charge on any atom is 0.339 e. The Labute approximate surface area is 123 Å². The number of carbonyl (C=O) groups is 1. The topological polar surface area (TPSA) is 105 Å². The highest BCUT2D eigenvalue weighted by molar-refractivity contribution is 5.93. The predicted molar refractivity (Wildman–Crippen MR) is 79.6 cm³/mol. The maximum atomic E-state index is 11.2. The Kier molecular flexibility index (Phi) is 6.08. The monoisotopic (exact) mass is 295 g/mol. The molecule has 0 aromatic carbocycles. The van der Waals surface area contributed by atoms with Crippen LogP contribution < -0.4 is 5.32 Å². The molecule has 0 amide bonds. The van der Waals surface area contributed by atoms with Crippen molar-refractivity contribution in [3.05, 3.63) is 27.9 Å². The zero-order valence-electron chi connectivity index (χ0n) is 12.5. The zero-order chi connectivity index (χ0) is 16.0. The Morgan fingerprint density at radius 1 is 1.43 bits per heavy atom. The average molecular weight is 295 g/mol. The highest BCUT2D eigenvalue weighted by Crippen LogP contribution is 2.21. The minimum Gasteiger partial charge on any atom is -0.478 e. The van der Waals surface area contributed by atoms with Crippen molar-refractivity contribution >= 4 is 17.5 Å². The van der Waals surface area contributed by atoms with E-state index in [1.807, 2.05) is 6.92 Å². The Morgan fingerprint density at radius 2 is 2.10 bits per heavy atom. The molecule has 116 valence electrons. The number of rotatable bonds is 8. The van der Waals surface area contributed by atoms with Gasteiger partial charge in [-0.2, -0.15) is 0 Å². The molecule has 0 saturated heterocycles. The van der Waals surface area contributed by atoms with Crippen LogP contribution in [-0.4, -0.2) is 27.0 Å². The van der Waals surface area contributed by atoms with Crippen molar-refractivity contribution in [2.24, 2.45) is 5.92 Å². The number of pyridine rings is 1. The zero-order valence-corrected chi connectivity index (χ0v) is 12.5. The van der Waals surface area contributed by atoms with Crippen LogP contribution in [0.25, 0.3) is 0 Å².